The van der Waals surface area contributed by atoms with Crippen molar-refractivity contribution < 1.29 is 9.59 Å². The van der Waals surface area contributed by atoms with E-state index in [-0.39, 0.29) is 17.7 Å². The summed E-state index contributed by atoms with van der Waals surface area (Å²) in [6.45, 7) is 7.95. The van der Waals surface area contributed by atoms with Crippen LogP contribution in [-0.2, 0) is 16.0 Å². The van der Waals surface area contributed by atoms with Crippen LogP contribution < -0.4 is 10.2 Å². The molecule has 0 radical (unpaired) electrons. The van der Waals surface area contributed by atoms with Crippen molar-refractivity contribution in [1.82, 2.24) is 5.32 Å². The predicted molar refractivity (Wildman–Crippen MR) is 84.2 cm³/mol. The quantitative estimate of drug-likeness (QED) is 0.925. The van der Waals surface area contributed by atoms with Crippen molar-refractivity contribution in [3.05, 3.63) is 29.8 Å². The van der Waals surface area contributed by atoms with E-state index in [0.29, 0.717) is 6.42 Å². The summed E-state index contributed by atoms with van der Waals surface area (Å²) in [4.78, 5) is 26.7. The Morgan fingerprint density at radius 1 is 1.14 bits per heavy atom. The molecule has 2 atom stereocenters. The number of nitrogens with one attached hydrogen (secondary N) is 1. The lowest BCUT2D eigenvalue weighted by Gasteiger charge is -2.40. The molecule has 1 aromatic carbocycles. The van der Waals surface area contributed by atoms with Gasteiger partial charge in [0.1, 0.15) is 12.1 Å². The first-order valence-corrected chi connectivity index (χ1v) is 7.72. The normalized spacial score (nSPS) is 22.6. The Hall–Kier alpha value is -1.84. The van der Waals surface area contributed by atoms with E-state index in [2.05, 4.69) is 12.2 Å². The molecule has 0 aromatic heterocycles. The summed E-state index contributed by atoms with van der Waals surface area (Å²) in [5.74, 6) is -0.00586. The Balaban J connectivity index is 2.41. The van der Waals surface area contributed by atoms with Crippen LogP contribution in [0.2, 0.25) is 0 Å². The first-order valence-electron chi connectivity index (χ1n) is 7.72. The minimum atomic E-state index is -0.437. The number of aryl methyl sites for hydroxylation is 1. The molecule has 2 rings (SSSR count). The van der Waals surface area contributed by atoms with E-state index in [0.717, 1.165) is 12.1 Å². The van der Waals surface area contributed by atoms with Gasteiger partial charge in [0.2, 0.25) is 11.8 Å². The fourth-order valence-corrected chi connectivity index (χ4v) is 2.80. The minimum Gasteiger partial charge on any atom is -0.342 e. The number of piperazine rings is 1. The molecule has 1 aromatic rings. The zero-order valence-electron chi connectivity index (χ0n) is 13.2. The lowest BCUT2D eigenvalue weighted by atomic mass is 9.95. The van der Waals surface area contributed by atoms with Crippen LogP contribution in [0.5, 0.6) is 0 Å². The molecular weight excluding hydrogens is 264 g/mol. The van der Waals surface area contributed by atoms with Crippen LogP contribution in [-0.4, -0.2) is 23.9 Å². The summed E-state index contributed by atoms with van der Waals surface area (Å²) in [5.41, 5.74) is 2.03. The molecule has 1 saturated heterocycles. The zero-order valence-corrected chi connectivity index (χ0v) is 13.2. The van der Waals surface area contributed by atoms with Crippen molar-refractivity contribution in [2.45, 2.75) is 52.6 Å². The second-order valence-electron chi connectivity index (χ2n) is 5.89. The molecule has 1 heterocycles. The van der Waals surface area contributed by atoms with E-state index in [1.54, 1.807) is 4.90 Å². The second kappa shape index (κ2) is 6.29. The van der Waals surface area contributed by atoms with Gasteiger partial charge in [-0.05, 0) is 36.5 Å². The Morgan fingerprint density at radius 3 is 2.24 bits per heavy atom. The van der Waals surface area contributed by atoms with E-state index >= 15 is 0 Å². The molecule has 2 unspecified atom stereocenters. The van der Waals surface area contributed by atoms with Crippen LogP contribution >= 0.6 is 0 Å². The first-order chi connectivity index (χ1) is 9.99. The summed E-state index contributed by atoms with van der Waals surface area (Å²) >= 11 is 0. The third-order valence-electron chi connectivity index (χ3n) is 4.06. The highest BCUT2D eigenvalue weighted by atomic mass is 16.2. The number of nitrogens with zero attached hydrogens (tertiary/aromatic N) is 1. The third kappa shape index (κ3) is 2.94. The summed E-state index contributed by atoms with van der Waals surface area (Å²) < 4.78 is 0. The van der Waals surface area contributed by atoms with E-state index in [9.17, 15) is 9.59 Å². The number of hydrogen-bond acceptors (Lipinski definition) is 2. The van der Waals surface area contributed by atoms with Crippen molar-refractivity contribution in [3.8, 4) is 0 Å². The molecule has 0 spiro atoms. The van der Waals surface area contributed by atoms with Gasteiger partial charge in [0, 0.05) is 5.69 Å². The first kappa shape index (κ1) is 15.5. The molecule has 0 aliphatic carbocycles. The lowest BCUT2D eigenvalue weighted by Crippen LogP contribution is -2.65. The van der Waals surface area contributed by atoms with E-state index < -0.39 is 12.1 Å². The summed E-state index contributed by atoms with van der Waals surface area (Å²) in [6, 6.07) is 7.07. The van der Waals surface area contributed by atoms with E-state index in [1.165, 1.54) is 5.56 Å². The highest BCUT2D eigenvalue weighted by Crippen LogP contribution is 2.26. The van der Waals surface area contributed by atoms with Crippen LogP contribution in [0.3, 0.4) is 0 Å². The Morgan fingerprint density at radius 2 is 1.76 bits per heavy atom. The molecule has 114 valence electrons. The number of rotatable bonds is 4. The number of amides is 2. The topological polar surface area (TPSA) is 49.4 Å². The van der Waals surface area contributed by atoms with Gasteiger partial charge < -0.3 is 5.32 Å². The van der Waals surface area contributed by atoms with Gasteiger partial charge in [0.25, 0.3) is 0 Å². The number of carbonyl (C=O) groups excluding carboxylic acids is 2. The molecular formula is C17H24N2O2. The SMILES string of the molecule is CCc1ccc(N2C(=O)C(CC)NC(=O)C2C(C)C)cc1. The second-order valence-corrected chi connectivity index (χ2v) is 5.89. The van der Waals surface area contributed by atoms with Gasteiger partial charge in [-0.1, -0.05) is 39.8 Å². The number of anilines is 1. The number of carbonyl (C=O) groups is 2. The third-order valence-corrected chi connectivity index (χ3v) is 4.06. The summed E-state index contributed by atoms with van der Waals surface area (Å²) in [5, 5.41) is 2.84. The molecule has 1 N–H and O–H groups in total. The van der Waals surface area contributed by atoms with Crippen molar-refractivity contribution in [3.63, 3.8) is 0 Å². The van der Waals surface area contributed by atoms with Crippen molar-refractivity contribution in [2.24, 2.45) is 5.92 Å². The molecule has 4 heteroatoms. The minimum absolute atomic E-state index is 0.0138. The standard InChI is InChI=1S/C17H24N2O2/c1-5-12-7-9-13(10-8-12)19-15(11(3)4)16(20)18-14(6-2)17(19)21/h7-11,14-15H,5-6H2,1-4H3,(H,18,20). The predicted octanol–water partition coefficient (Wildman–Crippen LogP) is 2.52. The van der Waals surface area contributed by atoms with Crippen molar-refractivity contribution >= 4 is 17.5 Å². The Labute approximate surface area is 126 Å². The van der Waals surface area contributed by atoms with Crippen molar-refractivity contribution in [2.75, 3.05) is 4.90 Å². The maximum Gasteiger partial charge on any atom is 0.250 e. The van der Waals surface area contributed by atoms with Gasteiger partial charge in [-0.3, -0.25) is 14.5 Å². The Kier molecular flexibility index (Phi) is 4.66. The lowest BCUT2D eigenvalue weighted by molar-refractivity contribution is -0.134. The van der Waals surface area contributed by atoms with Crippen LogP contribution in [0.4, 0.5) is 5.69 Å². The van der Waals surface area contributed by atoms with E-state index in [1.807, 2.05) is 45.0 Å². The van der Waals surface area contributed by atoms with Gasteiger partial charge in [-0.25, -0.2) is 0 Å². The van der Waals surface area contributed by atoms with Gasteiger partial charge in [0.05, 0.1) is 0 Å². The van der Waals surface area contributed by atoms with Gasteiger partial charge in [-0.15, -0.1) is 0 Å². The Bertz CT molecular complexity index is 522. The molecule has 4 nitrogen and oxygen atoms in total. The summed E-state index contributed by atoms with van der Waals surface area (Å²) in [7, 11) is 0. The highest BCUT2D eigenvalue weighted by molar-refractivity contribution is 6.08. The van der Waals surface area contributed by atoms with Gasteiger partial charge in [0.15, 0.2) is 0 Å². The van der Waals surface area contributed by atoms with Gasteiger partial charge >= 0.3 is 0 Å². The molecule has 0 bridgehead atoms. The van der Waals surface area contributed by atoms with Gasteiger partial charge in [-0.2, -0.15) is 0 Å². The van der Waals surface area contributed by atoms with Crippen LogP contribution in [0, 0.1) is 5.92 Å². The largest absolute Gasteiger partial charge is 0.342 e. The average molecular weight is 288 g/mol. The van der Waals surface area contributed by atoms with Crippen molar-refractivity contribution in [1.29, 1.82) is 0 Å². The van der Waals surface area contributed by atoms with Crippen LogP contribution in [0.1, 0.15) is 39.7 Å². The molecule has 1 aliphatic rings. The molecule has 2 amide bonds. The smallest absolute Gasteiger partial charge is 0.250 e. The van der Waals surface area contributed by atoms with Crippen LogP contribution in [0.15, 0.2) is 24.3 Å². The molecule has 1 fully saturated rings. The number of hydrogen-bond donors (Lipinski definition) is 1. The monoisotopic (exact) mass is 288 g/mol. The molecule has 21 heavy (non-hydrogen) atoms. The molecule has 0 saturated carbocycles. The average Bonchev–Trinajstić information content (AvgIpc) is 2.48. The number of benzene rings is 1. The van der Waals surface area contributed by atoms with Crippen LogP contribution in [0.25, 0.3) is 0 Å². The maximum absolute atomic E-state index is 12.7. The maximum atomic E-state index is 12.7. The zero-order chi connectivity index (χ0) is 15.6. The molecule has 1 aliphatic heterocycles. The summed E-state index contributed by atoms with van der Waals surface area (Å²) in [6.07, 6.45) is 1.57. The fourth-order valence-electron chi connectivity index (χ4n) is 2.80. The van der Waals surface area contributed by atoms with E-state index in [4.69, 9.17) is 0 Å². The highest BCUT2D eigenvalue weighted by Gasteiger charge is 2.41. The fraction of sp³-hybridized carbons (Fsp3) is 0.529.